The number of aryl methyl sites for hydroxylation is 2. The van der Waals surface area contributed by atoms with Crippen molar-refractivity contribution in [2.24, 2.45) is 26.2 Å². The first kappa shape index (κ1) is 18.1. The number of fused-ring (bicyclic) bond motifs is 1. The van der Waals surface area contributed by atoms with Gasteiger partial charge in [-0.1, -0.05) is 12.1 Å². The third-order valence-electron chi connectivity index (χ3n) is 4.08. The predicted octanol–water partition coefficient (Wildman–Crippen LogP) is 0.375. The summed E-state index contributed by atoms with van der Waals surface area (Å²) >= 11 is 0. The molecule has 0 spiro atoms. The molecule has 10 nitrogen and oxygen atoms in total. The maximum Gasteiger partial charge on any atom is 0.332 e. The molecule has 0 aliphatic rings. The van der Waals surface area contributed by atoms with Crippen molar-refractivity contribution in [1.82, 2.24) is 18.7 Å². The van der Waals surface area contributed by atoms with Gasteiger partial charge in [0.2, 0.25) is 11.9 Å². The van der Waals surface area contributed by atoms with Gasteiger partial charge in [-0.15, -0.1) is 0 Å². The van der Waals surface area contributed by atoms with Crippen LogP contribution in [-0.2, 0) is 25.9 Å². The van der Waals surface area contributed by atoms with Crippen LogP contribution in [0, 0.1) is 0 Å². The van der Waals surface area contributed by atoms with Crippen LogP contribution in [0.15, 0.2) is 39.0 Å². The van der Waals surface area contributed by atoms with Gasteiger partial charge in [-0.3, -0.25) is 18.7 Å². The van der Waals surface area contributed by atoms with E-state index in [1.807, 2.05) is 0 Å². The smallest absolute Gasteiger partial charge is 0.326 e. The average molecular weight is 369 g/mol. The molecule has 0 bridgehead atoms. The summed E-state index contributed by atoms with van der Waals surface area (Å²) in [6, 6.07) is 7.12. The fourth-order valence-electron chi connectivity index (χ4n) is 2.64. The summed E-state index contributed by atoms with van der Waals surface area (Å²) in [4.78, 5) is 39.7. The van der Waals surface area contributed by atoms with Gasteiger partial charge >= 0.3 is 5.69 Å². The van der Waals surface area contributed by atoms with Crippen molar-refractivity contribution in [2.75, 3.05) is 10.7 Å². The standard InChI is InChI=1S/C17H19N7O3/c1-10(25)19-12-7-5-11(6-8-12)9-18-21-16-20-14-13(22(16)2)15(26)24(4)17(27)23(14)3/h5-9H,1-4H3,(H,19,25)(H,20,21)/b18-9-. The Balaban J connectivity index is 1.86. The number of imidazole rings is 1. The molecule has 10 heteroatoms. The fraction of sp³-hybridized carbons (Fsp3) is 0.235. The molecule has 1 amide bonds. The van der Waals surface area contributed by atoms with Crippen LogP contribution in [0.4, 0.5) is 11.6 Å². The molecule has 2 N–H and O–H groups in total. The molecule has 2 aromatic heterocycles. The monoisotopic (exact) mass is 369 g/mol. The number of nitrogens with one attached hydrogen (secondary N) is 2. The summed E-state index contributed by atoms with van der Waals surface area (Å²) in [6.45, 7) is 1.44. The molecule has 1 aromatic carbocycles. The van der Waals surface area contributed by atoms with E-state index >= 15 is 0 Å². The van der Waals surface area contributed by atoms with Gasteiger partial charge in [-0.25, -0.2) is 10.2 Å². The zero-order chi connectivity index (χ0) is 19.7. The first-order valence-corrected chi connectivity index (χ1v) is 8.08. The van der Waals surface area contributed by atoms with Crippen LogP contribution in [0.5, 0.6) is 0 Å². The average Bonchev–Trinajstić information content (AvgIpc) is 2.96. The fourth-order valence-corrected chi connectivity index (χ4v) is 2.64. The van der Waals surface area contributed by atoms with Crippen molar-refractivity contribution >= 4 is 34.9 Å². The predicted molar refractivity (Wildman–Crippen MR) is 103 cm³/mol. The number of nitrogens with zero attached hydrogens (tertiary/aromatic N) is 5. The lowest BCUT2D eigenvalue weighted by Crippen LogP contribution is -2.37. The van der Waals surface area contributed by atoms with Crippen molar-refractivity contribution in [2.45, 2.75) is 6.92 Å². The van der Waals surface area contributed by atoms with E-state index in [1.165, 1.54) is 18.5 Å². The van der Waals surface area contributed by atoms with E-state index in [0.29, 0.717) is 17.2 Å². The maximum absolute atomic E-state index is 12.3. The molecule has 0 aliphatic heterocycles. The Morgan fingerprint density at radius 2 is 1.74 bits per heavy atom. The number of aromatic nitrogens is 4. The van der Waals surface area contributed by atoms with Crippen molar-refractivity contribution in [3.8, 4) is 0 Å². The number of hydrazone groups is 1. The lowest BCUT2D eigenvalue weighted by atomic mass is 10.2. The second-order valence-corrected chi connectivity index (χ2v) is 6.05. The Kier molecular flexibility index (Phi) is 4.63. The zero-order valence-corrected chi connectivity index (χ0v) is 15.3. The van der Waals surface area contributed by atoms with Gasteiger partial charge in [0, 0.05) is 33.8 Å². The summed E-state index contributed by atoms with van der Waals surface area (Å²) in [5, 5.41) is 6.80. The minimum absolute atomic E-state index is 0.138. The van der Waals surface area contributed by atoms with Crippen molar-refractivity contribution in [3.05, 3.63) is 50.7 Å². The second-order valence-electron chi connectivity index (χ2n) is 6.05. The first-order valence-electron chi connectivity index (χ1n) is 8.08. The van der Waals surface area contributed by atoms with Crippen LogP contribution < -0.4 is 22.0 Å². The maximum atomic E-state index is 12.3. The number of benzene rings is 1. The molecule has 27 heavy (non-hydrogen) atoms. The minimum atomic E-state index is -0.445. The Morgan fingerprint density at radius 1 is 1.07 bits per heavy atom. The van der Waals surface area contributed by atoms with Gasteiger partial charge in [0.05, 0.1) is 6.21 Å². The number of carbonyl (C=O) groups excluding carboxylic acids is 1. The van der Waals surface area contributed by atoms with Crippen LogP contribution in [0.25, 0.3) is 11.2 Å². The normalized spacial score (nSPS) is 11.3. The number of hydrogen-bond acceptors (Lipinski definition) is 6. The van der Waals surface area contributed by atoms with E-state index in [-0.39, 0.29) is 11.6 Å². The number of amides is 1. The largest absolute Gasteiger partial charge is 0.332 e. The molecule has 3 aromatic rings. The summed E-state index contributed by atoms with van der Waals surface area (Å²) in [5.74, 6) is 0.190. The highest BCUT2D eigenvalue weighted by Gasteiger charge is 2.16. The molecule has 0 fully saturated rings. The third-order valence-corrected chi connectivity index (χ3v) is 4.08. The number of hydrogen-bond donors (Lipinski definition) is 2. The molecular formula is C17H19N7O3. The number of rotatable bonds is 4. The first-order chi connectivity index (χ1) is 12.8. The Hall–Kier alpha value is -3.69. The molecule has 0 unspecified atom stereocenters. The van der Waals surface area contributed by atoms with Gasteiger partial charge in [-0.05, 0) is 17.7 Å². The molecule has 0 saturated carbocycles. The topological polar surface area (TPSA) is 115 Å². The van der Waals surface area contributed by atoms with Gasteiger partial charge in [0.25, 0.3) is 5.56 Å². The Bertz CT molecular complexity index is 1170. The van der Waals surface area contributed by atoms with Gasteiger partial charge in [-0.2, -0.15) is 10.1 Å². The molecule has 0 saturated heterocycles. The van der Waals surface area contributed by atoms with Gasteiger partial charge in [0.1, 0.15) is 0 Å². The molecule has 0 radical (unpaired) electrons. The van der Waals surface area contributed by atoms with Gasteiger partial charge < -0.3 is 9.88 Å². The van der Waals surface area contributed by atoms with Crippen molar-refractivity contribution in [3.63, 3.8) is 0 Å². The summed E-state index contributed by atoms with van der Waals surface area (Å²) < 4.78 is 3.90. The van der Waals surface area contributed by atoms with Crippen LogP contribution in [0.3, 0.4) is 0 Å². The van der Waals surface area contributed by atoms with E-state index in [0.717, 1.165) is 10.1 Å². The number of carbonyl (C=O) groups is 1. The van der Waals surface area contributed by atoms with Crippen molar-refractivity contribution < 1.29 is 4.79 Å². The lowest BCUT2D eigenvalue weighted by molar-refractivity contribution is -0.114. The number of anilines is 2. The highest BCUT2D eigenvalue weighted by molar-refractivity contribution is 5.89. The summed E-state index contributed by atoms with van der Waals surface area (Å²) in [7, 11) is 4.65. The summed E-state index contributed by atoms with van der Waals surface area (Å²) in [6.07, 6.45) is 1.58. The SMILES string of the molecule is CC(=O)Nc1ccc(/C=N\Nc2nc3c(c(=O)n(C)c(=O)n3C)n2C)cc1. The van der Waals surface area contributed by atoms with E-state index in [4.69, 9.17) is 0 Å². The lowest BCUT2D eigenvalue weighted by Gasteiger charge is -2.03. The van der Waals surface area contributed by atoms with E-state index in [2.05, 4.69) is 20.8 Å². The minimum Gasteiger partial charge on any atom is -0.326 e. The molecule has 140 valence electrons. The quantitative estimate of drug-likeness (QED) is 0.509. The molecule has 2 heterocycles. The van der Waals surface area contributed by atoms with Crippen molar-refractivity contribution in [1.29, 1.82) is 0 Å². The Morgan fingerprint density at radius 3 is 2.37 bits per heavy atom. The Labute approximate surface area is 153 Å². The van der Waals surface area contributed by atoms with E-state index < -0.39 is 11.2 Å². The molecule has 0 aliphatic carbocycles. The van der Waals surface area contributed by atoms with E-state index in [1.54, 1.807) is 49.1 Å². The molecule has 0 atom stereocenters. The second kappa shape index (κ2) is 6.90. The molecular weight excluding hydrogens is 350 g/mol. The van der Waals surface area contributed by atoms with E-state index in [9.17, 15) is 14.4 Å². The van der Waals surface area contributed by atoms with Crippen LogP contribution >= 0.6 is 0 Å². The highest BCUT2D eigenvalue weighted by Crippen LogP contribution is 2.13. The third kappa shape index (κ3) is 3.36. The van der Waals surface area contributed by atoms with Crippen LogP contribution in [0.1, 0.15) is 12.5 Å². The zero-order valence-electron chi connectivity index (χ0n) is 15.3. The molecule has 3 rings (SSSR count). The van der Waals surface area contributed by atoms with Crippen LogP contribution in [0.2, 0.25) is 0 Å². The highest BCUT2D eigenvalue weighted by atomic mass is 16.2. The summed E-state index contributed by atoms with van der Waals surface area (Å²) in [5.41, 5.74) is 3.99. The van der Waals surface area contributed by atoms with Gasteiger partial charge in [0.15, 0.2) is 11.2 Å². The van der Waals surface area contributed by atoms with Crippen LogP contribution in [-0.4, -0.2) is 30.8 Å².